The second kappa shape index (κ2) is 5.55. The van der Waals surface area contributed by atoms with Gasteiger partial charge in [0.25, 0.3) is 5.91 Å². The molecule has 19 heavy (non-hydrogen) atoms. The Bertz CT molecular complexity index is 662. The highest BCUT2D eigenvalue weighted by Crippen LogP contribution is 2.16. The van der Waals surface area contributed by atoms with E-state index in [2.05, 4.69) is 17.9 Å². The van der Waals surface area contributed by atoms with Crippen LogP contribution in [0, 0.1) is 17.1 Å². The third kappa shape index (κ3) is 3.12. The minimum Gasteiger partial charge on any atom is -0.322 e. The number of hydrogen-bond acceptors (Lipinski definition) is 3. The summed E-state index contributed by atoms with van der Waals surface area (Å²) in [7, 11) is 0. The highest BCUT2D eigenvalue weighted by molar-refractivity contribution is 7.80. The van der Waals surface area contributed by atoms with E-state index in [1.807, 2.05) is 6.07 Å². The quantitative estimate of drug-likeness (QED) is 0.825. The van der Waals surface area contributed by atoms with E-state index in [0.29, 0.717) is 16.1 Å². The smallest absolute Gasteiger partial charge is 0.258 e. The van der Waals surface area contributed by atoms with Crippen molar-refractivity contribution in [1.82, 2.24) is 0 Å². The summed E-state index contributed by atoms with van der Waals surface area (Å²) in [5, 5.41) is 11.2. The topological polar surface area (TPSA) is 52.9 Å². The van der Waals surface area contributed by atoms with Crippen LogP contribution >= 0.6 is 12.6 Å². The average molecular weight is 272 g/mol. The molecule has 1 amide bonds. The van der Waals surface area contributed by atoms with E-state index in [9.17, 15) is 9.18 Å². The molecule has 0 aliphatic heterocycles. The molecule has 2 aromatic rings. The van der Waals surface area contributed by atoms with Gasteiger partial charge in [-0.15, -0.1) is 12.6 Å². The molecule has 0 radical (unpaired) electrons. The lowest BCUT2D eigenvalue weighted by atomic mass is 10.2. The van der Waals surface area contributed by atoms with Gasteiger partial charge in [-0.25, -0.2) is 4.39 Å². The van der Waals surface area contributed by atoms with Crippen molar-refractivity contribution in [2.75, 3.05) is 5.32 Å². The van der Waals surface area contributed by atoms with Crippen LogP contribution in [0.5, 0.6) is 0 Å². The molecule has 2 rings (SSSR count). The Kier molecular flexibility index (Phi) is 3.83. The molecule has 0 saturated heterocycles. The zero-order valence-corrected chi connectivity index (χ0v) is 10.6. The van der Waals surface area contributed by atoms with E-state index < -0.39 is 11.7 Å². The average Bonchev–Trinajstić information content (AvgIpc) is 2.42. The summed E-state index contributed by atoms with van der Waals surface area (Å²) in [5.74, 6) is -1.16. The number of anilines is 1. The van der Waals surface area contributed by atoms with Crippen LogP contribution in [0.3, 0.4) is 0 Å². The summed E-state index contributed by atoms with van der Waals surface area (Å²) in [6.07, 6.45) is 0. The van der Waals surface area contributed by atoms with Crippen molar-refractivity contribution in [2.45, 2.75) is 4.90 Å². The van der Waals surface area contributed by atoms with E-state index in [1.54, 1.807) is 24.3 Å². The Morgan fingerprint density at radius 3 is 2.53 bits per heavy atom. The van der Waals surface area contributed by atoms with E-state index >= 15 is 0 Å². The molecule has 3 nitrogen and oxygen atoms in total. The molecule has 0 spiro atoms. The van der Waals surface area contributed by atoms with E-state index in [0.717, 1.165) is 0 Å². The highest BCUT2D eigenvalue weighted by Gasteiger charge is 2.12. The van der Waals surface area contributed by atoms with Crippen LogP contribution in [0.25, 0.3) is 0 Å². The molecule has 0 saturated carbocycles. The third-order valence-corrected chi connectivity index (χ3v) is 2.74. The SMILES string of the molecule is N#Cc1ccc(NC(=O)c2cc(S)ccc2F)cc1. The fourth-order valence-electron chi connectivity index (χ4n) is 1.51. The minimum absolute atomic E-state index is 0.0724. The maximum absolute atomic E-state index is 13.5. The Balaban J connectivity index is 2.21. The summed E-state index contributed by atoms with van der Waals surface area (Å²) in [6.45, 7) is 0. The molecule has 0 fully saturated rings. The van der Waals surface area contributed by atoms with Crippen LogP contribution < -0.4 is 5.32 Å². The second-order valence-electron chi connectivity index (χ2n) is 3.81. The predicted octanol–water partition coefficient (Wildman–Crippen LogP) is 3.24. The summed E-state index contributed by atoms with van der Waals surface area (Å²) >= 11 is 4.07. The van der Waals surface area contributed by atoms with Gasteiger partial charge in [0.05, 0.1) is 17.2 Å². The van der Waals surface area contributed by atoms with Gasteiger partial charge in [-0.2, -0.15) is 5.26 Å². The van der Waals surface area contributed by atoms with Gasteiger partial charge < -0.3 is 5.32 Å². The molecule has 1 N–H and O–H groups in total. The number of nitriles is 1. The number of benzene rings is 2. The lowest BCUT2D eigenvalue weighted by Gasteiger charge is -2.06. The van der Waals surface area contributed by atoms with Crippen LogP contribution in [0.15, 0.2) is 47.4 Å². The van der Waals surface area contributed by atoms with Crippen molar-refractivity contribution < 1.29 is 9.18 Å². The molecule has 0 atom stereocenters. The molecule has 0 bridgehead atoms. The third-order valence-electron chi connectivity index (χ3n) is 2.47. The van der Waals surface area contributed by atoms with Crippen LogP contribution in [0.1, 0.15) is 15.9 Å². The fraction of sp³-hybridized carbons (Fsp3) is 0. The van der Waals surface area contributed by atoms with Crippen LogP contribution in [-0.2, 0) is 0 Å². The Labute approximate surface area is 115 Å². The van der Waals surface area contributed by atoms with Crippen molar-refractivity contribution in [1.29, 1.82) is 5.26 Å². The zero-order valence-electron chi connectivity index (χ0n) is 9.72. The summed E-state index contributed by atoms with van der Waals surface area (Å²) in [4.78, 5) is 12.4. The summed E-state index contributed by atoms with van der Waals surface area (Å²) < 4.78 is 13.5. The molecule has 0 unspecified atom stereocenters. The summed E-state index contributed by atoms with van der Waals surface area (Å²) in [6, 6.07) is 12.3. The van der Waals surface area contributed by atoms with Gasteiger partial charge in [0.1, 0.15) is 5.82 Å². The van der Waals surface area contributed by atoms with Crippen LogP contribution in [0.2, 0.25) is 0 Å². The van der Waals surface area contributed by atoms with Crippen LogP contribution in [-0.4, -0.2) is 5.91 Å². The van der Waals surface area contributed by atoms with Crippen molar-refractivity contribution in [3.05, 3.63) is 59.4 Å². The van der Waals surface area contributed by atoms with Gasteiger partial charge in [-0.3, -0.25) is 4.79 Å². The molecule has 94 valence electrons. The lowest BCUT2D eigenvalue weighted by molar-refractivity contribution is 0.102. The van der Waals surface area contributed by atoms with E-state index in [-0.39, 0.29) is 5.56 Å². The number of amides is 1. The van der Waals surface area contributed by atoms with Crippen molar-refractivity contribution in [3.8, 4) is 6.07 Å². The normalized spacial score (nSPS) is 9.74. The maximum atomic E-state index is 13.5. The first-order chi connectivity index (χ1) is 9.10. The monoisotopic (exact) mass is 272 g/mol. The van der Waals surface area contributed by atoms with Gasteiger partial charge in [0, 0.05) is 10.6 Å². The van der Waals surface area contributed by atoms with Gasteiger partial charge in [0.2, 0.25) is 0 Å². The number of carbonyl (C=O) groups excluding carboxylic acids is 1. The number of halogens is 1. The Morgan fingerprint density at radius 2 is 1.89 bits per heavy atom. The largest absolute Gasteiger partial charge is 0.322 e. The lowest BCUT2D eigenvalue weighted by Crippen LogP contribution is -2.13. The number of rotatable bonds is 2. The minimum atomic E-state index is -0.607. The fourth-order valence-corrected chi connectivity index (χ4v) is 1.72. The molecule has 0 aromatic heterocycles. The first-order valence-corrected chi connectivity index (χ1v) is 5.85. The number of thiol groups is 1. The predicted molar refractivity (Wildman–Crippen MR) is 72.8 cm³/mol. The van der Waals surface area contributed by atoms with Gasteiger partial charge in [0.15, 0.2) is 0 Å². The zero-order chi connectivity index (χ0) is 13.8. The van der Waals surface area contributed by atoms with Gasteiger partial charge in [-0.1, -0.05) is 0 Å². The van der Waals surface area contributed by atoms with Crippen molar-refractivity contribution in [2.24, 2.45) is 0 Å². The molecule has 2 aromatic carbocycles. The van der Waals surface area contributed by atoms with Crippen molar-refractivity contribution in [3.63, 3.8) is 0 Å². The first-order valence-electron chi connectivity index (χ1n) is 5.40. The van der Waals surface area contributed by atoms with Gasteiger partial charge in [-0.05, 0) is 42.5 Å². The second-order valence-corrected chi connectivity index (χ2v) is 4.32. The Morgan fingerprint density at radius 1 is 1.21 bits per heavy atom. The standard InChI is InChI=1S/C14H9FN2OS/c15-13-6-5-11(19)7-12(13)14(18)17-10-3-1-9(8-16)2-4-10/h1-7,19H,(H,17,18). The molecule has 0 heterocycles. The van der Waals surface area contributed by atoms with Gasteiger partial charge >= 0.3 is 0 Å². The number of carbonyl (C=O) groups is 1. The Hall–Kier alpha value is -2.32. The number of nitrogens with zero attached hydrogens (tertiary/aromatic N) is 1. The molecular formula is C14H9FN2OS. The number of hydrogen-bond donors (Lipinski definition) is 2. The highest BCUT2D eigenvalue weighted by atomic mass is 32.1. The van der Waals surface area contributed by atoms with Crippen molar-refractivity contribution >= 4 is 24.2 Å². The first kappa shape index (κ1) is 13.1. The maximum Gasteiger partial charge on any atom is 0.258 e. The molecular weight excluding hydrogens is 263 g/mol. The summed E-state index contributed by atoms with van der Waals surface area (Å²) in [5.41, 5.74) is 0.909. The molecule has 5 heteroatoms. The molecule has 0 aliphatic rings. The molecule has 0 aliphatic carbocycles. The van der Waals surface area contributed by atoms with E-state index in [1.165, 1.54) is 18.2 Å². The van der Waals surface area contributed by atoms with Crippen LogP contribution in [0.4, 0.5) is 10.1 Å². The van der Waals surface area contributed by atoms with E-state index in [4.69, 9.17) is 5.26 Å². The number of nitrogens with one attached hydrogen (secondary N) is 1.